The highest BCUT2D eigenvalue weighted by Gasteiger charge is 2.11. The van der Waals surface area contributed by atoms with Gasteiger partial charge in [0.05, 0.1) is 6.04 Å². The second kappa shape index (κ2) is 9.52. The first-order valence-electron chi connectivity index (χ1n) is 9.28. The summed E-state index contributed by atoms with van der Waals surface area (Å²) in [5, 5.41) is 11.1. The maximum absolute atomic E-state index is 13.8. The molecule has 152 valence electrons. The molecule has 6 nitrogen and oxygen atoms in total. The Morgan fingerprint density at radius 1 is 1.28 bits per heavy atom. The highest BCUT2D eigenvalue weighted by Crippen LogP contribution is 2.20. The third-order valence-electron chi connectivity index (χ3n) is 4.45. The van der Waals surface area contributed by atoms with Crippen molar-refractivity contribution < 1.29 is 8.91 Å². The van der Waals surface area contributed by atoms with E-state index in [4.69, 9.17) is 16.1 Å². The van der Waals surface area contributed by atoms with Gasteiger partial charge in [0, 0.05) is 30.6 Å². The number of hydrogen-bond donors (Lipinski definition) is 2. The summed E-state index contributed by atoms with van der Waals surface area (Å²) in [5.41, 5.74) is 2.27. The molecule has 0 fully saturated rings. The molecule has 0 spiro atoms. The van der Waals surface area contributed by atoms with E-state index in [1.165, 1.54) is 6.07 Å². The van der Waals surface area contributed by atoms with Crippen LogP contribution in [0.5, 0.6) is 0 Å². The Morgan fingerprint density at radius 2 is 2.10 bits per heavy atom. The standard InChI is InChI=1S/C21H23ClFN5O/c1-13-7-8-15(12-18(13)23)14(2)26-21(24-3)25-10-9-19-27-20(28-29-19)16-5-4-6-17(22)11-16/h4-8,11-12,14H,9-10H2,1-3H3,(H2,24,25,26). The molecule has 0 aliphatic carbocycles. The number of rotatable bonds is 6. The van der Waals surface area contributed by atoms with E-state index in [1.54, 1.807) is 32.2 Å². The van der Waals surface area contributed by atoms with Crippen molar-refractivity contribution in [2.75, 3.05) is 13.6 Å². The predicted octanol–water partition coefficient (Wildman–Crippen LogP) is 4.31. The smallest absolute Gasteiger partial charge is 0.228 e. The van der Waals surface area contributed by atoms with Gasteiger partial charge in [-0.25, -0.2) is 4.39 Å². The van der Waals surface area contributed by atoms with Crippen molar-refractivity contribution in [3.05, 3.63) is 70.3 Å². The summed E-state index contributed by atoms with van der Waals surface area (Å²) in [4.78, 5) is 8.60. The number of aliphatic imine (C=N–C) groups is 1. The minimum atomic E-state index is -0.217. The van der Waals surface area contributed by atoms with Crippen LogP contribution in [0.25, 0.3) is 11.4 Å². The van der Waals surface area contributed by atoms with Crippen LogP contribution in [-0.4, -0.2) is 29.7 Å². The van der Waals surface area contributed by atoms with Crippen LogP contribution in [0.15, 0.2) is 52.0 Å². The number of benzene rings is 2. The Morgan fingerprint density at radius 3 is 2.83 bits per heavy atom. The van der Waals surface area contributed by atoms with E-state index >= 15 is 0 Å². The topological polar surface area (TPSA) is 75.3 Å². The second-order valence-electron chi connectivity index (χ2n) is 6.65. The first-order chi connectivity index (χ1) is 14.0. The Hall–Kier alpha value is -2.93. The van der Waals surface area contributed by atoms with Gasteiger partial charge >= 0.3 is 0 Å². The zero-order chi connectivity index (χ0) is 20.8. The van der Waals surface area contributed by atoms with Gasteiger partial charge in [0.15, 0.2) is 5.96 Å². The molecule has 0 aliphatic rings. The molecular weight excluding hydrogens is 393 g/mol. The third-order valence-corrected chi connectivity index (χ3v) is 4.69. The Labute approximate surface area is 174 Å². The molecular formula is C21H23ClFN5O. The summed E-state index contributed by atoms with van der Waals surface area (Å²) >= 11 is 6.00. The van der Waals surface area contributed by atoms with E-state index in [2.05, 4.69) is 25.8 Å². The molecule has 3 rings (SSSR count). The van der Waals surface area contributed by atoms with Crippen LogP contribution >= 0.6 is 11.6 Å². The minimum absolute atomic E-state index is 0.103. The highest BCUT2D eigenvalue weighted by atomic mass is 35.5. The molecule has 29 heavy (non-hydrogen) atoms. The van der Waals surface area contributed by atoms with Gasteiger partial charge in [-0.1, -0.05) is 41.0 Å². The van der Waals surface area contributed by atoms with Crippen LogP contribution in [0.2, 0.25) is 5.02 Å². The van der Waals surface area contributed by atoms with Crippen LogP contribution in [0.1, 0.15) is 30.0 Å². The molecule has 0 saturated carbocycles. The second-order valence-corrected chi connectivity index (χ2v) is 7.08. The fraction of sp³-hybridized carbons (Fsp3) is 0.286. The molecule has 0 radical (unpaired) electrons. The lowest BCUT2D eigenvalue weighted by atomic mass is 10.1. The summed E-state index contributed by atoms with van der Waals surface area (Å²) < 4.78 is 19.1. The molecule has 0 aliphatic heterocycles. The van der Waals surface area contributed by atoms with Gasteiger partial charge in [0.2, 0.25) is 11.7 Å². The van der Waals surface area contributed by atoms with E-state index in [0.717, 1.165) is 11.1 Å². The fourth-order valence-corrected chi connectivity index (χ4v) is 2.94. The van der Waals surface area contributed by atoms with Crippen LogP contribution in [0.3, 0.4) is 0 Å². The average Bonchev–Trinajstić information content (AvgIpc) is 3.18. The largest absolute Gasteiger partial charge is 0.356 e. The fourth-order valence-electron chi connectivity index (χ4n) is 2.75. The maximum atomic E-state index is 13.8. The van der Waals surface area contributed by atoms with Gasteiger partial charge in [-0.15, -0.1) is 0 Å². The number of hydrogen-bond acceptors (Lipinski definition) is 4. The molecule has 2 aromatic carbocycles. The minimum Gasteiger partial charge on any atom is -0.356 e. The molecule has 8 heteroatoms. The van der Waals surface area contributed by atoms with Gasteiger partial charge in [-0.2, -0.15) is 4.98 Å². The van der Waals surface area contributed by atoms with Crippen molar-refractivity contribution >= 4 is 17.6 Å². The van der Waals surface area contributed by atoms with Crippen molar-refractivity contribution in [3.8, 4) is 11.4 Å². The van der Waals surface area contributed by atoms with Crippen molar-refractivity contribution in [2.45, 2.75) is 26.3 Å². The first kappa shape index (κ1) is 20.8. The van der Waals surface area contributed by atoms with Gasteiger partial charge in [0.25, 0.3) is 0 Å². The zero-order valence-electron chi connectivity index (χ0n) is 16.5. The van der Waals surface area contributed by atoms with Crippen molar-refractivity contribution in [1.29, 1.82) is 0 Å². The lowest BCUT2D eigenvalue weighted by Gasteiger charge is -2.18. The molecule has 0 saturated heterocycles. The zero-order valence-corrected chi connectivity index (χ0v) is 17.3. The van der Waals surface area contributed by atoms with E-state index in [-0.39, 0.29) is 11.9 Å². The molecule has 0 bridgehead atoms. The number of halogens is 2. The molecule has 1 aromatic heterocycles. The summed E-state index contributed by atoms with van der Waals surface area (Å²) in [6, 6.07) is 12.4. The van der Waals surface area contributed by atoms with Crippen LogP contribution in [0, 0.1) is 12.7 Å². The number of nitrogens with one attached hydrogen (secondary N) is 2. The number of aromatic nitrogens is 2. The van der Waals surface area contributed by atoms with E-state index in [1.807, 2.05) is 25.1 Å². The lowest BCUT2D eigenvalue weighted by molar-refractivity contribution is 0.378. The van der Waals surface area contributed by atoms with Gasteiger partial charge < -0.3 is 15.2 Å². The van der Waals surface area contributed by atoms with Crippen LogP contribution < -0.4 is 10.6 Å². The third kappa shape index (κ3) is 5.54. The van der Waals surface area contributed by atoms with Gasteiger partial charge in [0.1, 0.15) is 5.82 Å². The summed E-state index contributed by atoms with van der Waals surface area (Å²) in [6.45, 7) is 4.24. The van der Waals surface area contributed by atoms with Crippen LogP contribution in [0.4, 0.5) is 4.39 Å². The number of aryl methyl sites for hydroxylation is 1. The summed E-state index contributed by atoms with van der Waals surface area (Å²) in [7, 11) is 1.68. The highest BCUT2D eigenvalue weighted by molar-refractivity contribution is 6.30. The monoisotopic (exact) mass is 415 g/mol. The Kier molecular flexibility index (Phi) is 6.82. The van der Waals surface area contributed by atoms with Crippen LogP contribution in [-0.2, 0) is 6.42 Å². The quantitative estimate of drug-likeness (QED) is 0.463. The normalized spacial score (nSPS) is 12.7. The SMILES string of the molecule is CN=C(NCCc1nc(-c2cccc(Cl)c2)no1)NC(C)c1ccc(C)c(F)c1. The van der Waals surface area contributed by atoms with Crippen molar-refractivity contribution in [3.63, 3.8) is 0 Å². The van der Waals surface area contributed by atoms with E-state index in [0.29, 0.717) is 41.2 Å². The molecule has 1 atom stereocenters. The van der Waals surface area contributed by atoms with Crippen molar-refractivity contribution in [1.82, 2.24) is 20.8 Å². The molecule has 1 heterocycles. The van der Waals surface area contributed by atoms with Crippen molar-refractivity contribution in [2.24, 2.45) is 4.99 Å². The molecule has 3 aromatic rings. The van der Waals surface area contributed by atoms with E-state index < -0.39 is 0 Å². The lowest BCUT2D eigenvalue weighted by Crippen LogP contribution is -2.39. The molecule has 0 amide bonds. The predicted molar refractivity (Wildman–Crippen MR) is 112 cm³/mol. The number of nitrogens with zero attached hydrogens (tertiary/aromatic N) is 3. The van der Waals surface area contributed by atoms with E-state index in [9.17, 15) is 4.39 Å². The van der Waals surface area contributed by atoms with Gasteiger partial charge in [-0.3, -0.25) is 4.99 Å². The molecule has 1 unspecified atom stereocenters. The summed E-state index contributed by atoms with van der Waals surface area (Å²) in [6.07, 6.45) is 0.530. The first-order valence-corrected chi connectivity index (χ1v) is 9.66. The maximum Gasteiger partial charge on any atom is 0.228 e. The molecule has 2 N–H and O–H groups in total. The average molecular weight is 416 g/mol. The Balaban J connectivity index is 1.53. The number of guanidine groups is 1. The summed E-state index contributed by atoms with van der Waals surface area (Å²) in [5.74, 6) is 1.40. The Bertz CT molecular complexity index is 1000. The van der Waals surface area contributed by atoms with Gasteiger partial charge in [-0.05, 0) is 43.2 Å².